The van der Waals surface area contributed by atoms with E-state index in [9.17, 15) is 13.5 Å². The molecular weight excluding hydrogens is 436 g/mol. The first-order valence-electron chi connectivity index (χ1n) is 10.2. The molecule has 0 saturated heterocycles. The summed E-state index contributed by atoms with van der Waals surface area (Å²) < 4.78 is 36.3. The van der Waals surface area contributed by atoms with Crippen molar-refractivity contribution >= 4 is 21.9 Å². The first kappa shape index (κ1) is 25.5. The van der Waals surface area contributed by atoms with Crippen LogP contribution in [-0.2, 0) is 16.4 Å². The number of hydrogen-bond acceptors (Lipinski definition) is 10. The Labute approximate surface area is 189 Å². The number of nitrogens with one attached hydrogen (secondary N) is 2. The molecule has 0 saturated carbocycles. The fraction of sp³-hybridized carbons (Fsp3) is 0.600. The third kappa shape index (κ3) is 7.75. The van der Waals surface area contributed by atoms with Gasteiger partial charge in [0.1, 0.15) is 5.82 Å². The van der Waals surface area contributed by atoms with Crippen molar-refractivity contribution in [2.24, 2.45) is 5.92 Å². The van der Waals surface area contributed by atoms with Gasteiger partial charge < -0.3 is 19.9 Å². The molecular formula is C20H32N6O5S. The summed E-state index contributed by atoms with van der Waals surface area (Å²) in [5, 5.41) is 12.8. The van der Waals surface area contributed by atoms with Gasteiger partial charge >= 0.3 is 0 Å². The molecule has 32 heavy (non-hydrogen) atoms. The third-order valence-corrected chi connectivity index (χ3v) is 5.11. The molecule has 0 bridgehead atoms. The summed E-state index contributed by atoms with van der Waals surface area (Å²) in [5.41, 5.74) is 0.828. The molecule has 2 heterocycles. The summed E-state index contributed by atoms with van der Waals surface area (Å²) in [6.07, 6.45) is 2.08. The summed E-state index contributed by atoms with van der Waals surface area (Å²) in [6.45, 7) is 5.93. The number of sulfonamides is 1. The lowest BCUT2D eigenvalue weighted by Crippen LogP contribution is -2.27. The molecule has 0 spiro atoms. The Morgan fingerprint density at radius 2 is 1.72 bits per heavy atom. The maximum absolute atomic E-state index is 11.7. The summed E-state index contributed by atoms with van der Waals surface area (Å²) in [4.78, 5) is 17.2. The van der Waals surface area contributed by atoms with Crippen molar-refractivity contribution in [2.45, 2.75) is 45.6 Å². The van der Waals surface area contributed by atoms with E-state index in [1.807, 2.05) is 26.8 Å². The van der Waals surface area contributed by atoms with E-state index in [0.717, 1.165) is 11.8 Å². The Hall–Kier alpha value is -2.73. The van der Waals surface area contributed by atoms with Crippen molar-refractivity contribution in [3.05, 3.63) is 23.5 Å². The lowest BCUT2D eigenvalue weighted by molar-refractivity contribution is 0.259. The Bertz CT molecular complexity index is 1000. The van der Waals surface area contributed by atoms with Crippen LogP contribution >= 0.6 is 0 Å². The van der Waals surface area contributed by atoms with E-state index in [0.29, 0.717) is 36.3 Å². The Morgan fingerprint density at radius 1 is 1.03 bits per heavy atom. The number of aliphatic hydroxyl groups excluding tert-OH is 1. The molecule has 0 aromatic carbocycles. The highest BCUT2D eigenvalue weighted by Gasteiger charge is 2.19. The van der Waals surface area contributed by atoms with Crippen LogP contribution in [0, 0.1) is 5.92 Å². The number of nitrogens with zero attached hydrogens (tertiary/aromatic N) is 4. The first-order valence-corrected chi connectivity index (χ1v) is 12.1. The highest BCUT2D eigenvalue weighted by Crippen LogP contribution is 2.29. The van der Waals surface area contributed by atoms with Crippen molar-refractivity contribution in [3.63, 3.8) is 0 Å². The molecule has 0 radical (unpaired) electrons. The van der Waals surface area contributed by atoms with Crippen LogP contribution in [-0.4, -0.2) is 66.6 Å². The molecule has 0 aliphatic carbocycles. The van der Waals surface area contributed by atoms with Crippen LogP contribution in [0.4, 0.5) is 11.9 Å². The SMILES string of the molecule is COc1ccc(C(C)Cc2nc(NC(CO)CC(C)C)nc(NS(C)(=O)=O)n2)c(OC)n1. The van der Waals surface area contributed by atoms with E-state index in [2.05, 4.69) is 30.0 Å². The second-order valence-electron chi connectivity index (χ2n) is 7.98. The fourth-order valence-electron chi connectivity index (χ4n) is 3.19. The molecule has 0 aliphatic heterocycles. The molecule has 12 heteroatoms. The summed E-state index contributed by atoms with van der Waals surface area (Å²) in [5.74, 6) is 1.57. The van der Waals surface area contributed by atoms with E-state index in [4.69, 9.17) is 9.47 Å². The molecule has 2 unspecified atom stereocenters. The van der Waals surface area contributed by atoms with Gasteiger partial charge in [0.2, 0.25) is 33.7 Å². The number of pyridine rings is 1. The van der Waals surface area contributed by atoms with Gasteiger partial charge in [0, 0.05) is 18.1 Å². The van der Waals surface area contributed by atoms with Gasteiger partial charge in [-0.05, 0) is 24.3 Å². The lowest BCUT2D eigenvalue weighted by atomic mass is 9.98. The highest BCUT2D eigenvalue weighted by atomic mass is 32.2. The molecule has 2 atom stereocenters. The molecule has 0 fully saturated rings. The predicted octanol–water partition coefficient (Wildman–Crippen LogP) is 1.82. The third-order valence-electron chi connectivity index (χ3n) is 4.55. The number of rotatable bonds is 12. The topological polar surface area (TPSA) is 148 Å². The van der Waals surface area contributed by atoms with Crippen LogP contribution in [0.25, 0.3) is 0 Å². The second kappa shape index (κ2) is 11.2. The Balaban J connectivity index is 2.35. The average molecular weight is 469 g/mol. The molecule has 2 rings (SSSR count). The number of methoxy groups -OCH3 is 2. The van der Waals surface area contributed by atoms with Crippen LogP contribution in [0.1, 0.15) is 44.5 Å². The van der Waals surface area contributed by atoms with Crippen LogP contribution in [0.15, 0.2) is 12.1 Å². The summed E-state index contributed by atoms with van der Waals surface area (Å²) in [7, 11) is -0.531. The minimum absolute atomic E-state index is 0.0896. The highest BCUT2D eigenvalue weighted by molar-refractivity contribution is 7.91. The van der Waals surface area contributed by atoms with Crippen LogP contribution in [0.2, 0.25) is 0 Å². The van der Waals surface area contributed by atoms with Gasteiger partial charge in [-0.1, -0.05) is 20.8 Å². The van der Waals surface area contributed by atoms with Crippen molar-refractivity contribution in [2.75, 3.05) is 37.1 Å². The predicted molar refractivity (Wildman–Crippen MR) is 122 cm³/mol. The zero-order valence-corrected chi connectivity index (χ0v) is 20.1. The van der Waals surface area contributed by atoms with Gasteiger partial charge in [0.25, 0.3) is 0 Å². The zero-order valence-electron chi connectivity index (χ0n) is 19.3. The first-order chi connectivity index (χ1) is 15.0. The average Bonchev–Trinajstić information content (AvgIpc) is 2.70. The van der Waals surface area contributed by atoms with E-state index in [-0.39, 0.29) is 30.5 Å². The fourth-order valence-corrected chi connectivity index (χ4v) is 3.61. The molecule has 3 N–H and O–H groups in total. The Kier molecular flexibility index (Phi) is 8.96. The summed E-state index contributed by atoms with van der Waals surface area (Å²) in [6, 6.07) is 3.32. The second-order valence-corrected chi connectivity index (χ2v) is 9.73. The minimum Gasteiger partial charge on any atom is -0.481 e. The molecule has 11 nitrogen and oxygen atoms in total. The van der Waals surface area contributed by atoms with Crippen LogP contribution < -0.4 is 19.5 Å². The number of aliphatic hydroxyl groups is 1. The standard InChI is InChI=1S/C20H32N6O5S/c1-12(2)9-14(11-27)21-19-22-16(23-20(25-19)26-32(6,28)29)10-13(3)15-7-8-17(30-4)24-18(15)31-5/h7-8,12-14,27H,9-11H2,1-6H3,(H2,21,22,23,25,26). The van der Waals surface area contributed by atoms with E-state index < -0.39 is 10.0 Å². The smallest absolute Gasteiger partial charge is 0.241 e. The zero-order chi connectivity index (χ0) is 23.9. The van der Waals surface area contributed by atoms with E-state index >= 15 is 0 Å². The molecule has 2 aromatic rings. The van der Waals surface area contributed by atoms with E-state index in [1.54, 1.807) is 6.07 Å². The van der Waals surface area contributed by atoms with Crippen molar-refractivity contribution in [3.8, 4) is 11.8 Å². The van der Waals surface area contributed by atoms with Gasteiger partial charge in [0.05, 0.1) is 33.1 Å². The van der Waals surface area contributed by atoms with Crippen molar-refractivity contribution in [1.29, 1.82) is 0 Å². The maximum atomic E-state index is 11.7. The van der Waals surface area contributed by atoms with Crippen molar-refractivity contribution in [1.82, 2.24) is 19.9 Å². The van der Waals surface area contributed by atoms with Gasteiger partial charge in [-0.25, -0.2) is 8.42 Å². The lowest BCUT2D eigenvalue weighted by Gasteiger charge is -2.19. The summed E-state index contributed by atoms with van der Waals surface area (Å²) >= 11 is 0. The van der Waals surface area contributed by atoms with Gasteiger partial charge in [-0.2, -0.15) is 19.9 Å². The molecule has 178 valence electrons. The normalized spacial score (nSPS) is 13.5. The van der Waals surface area contributed by atoms with Crippen molar-refractivity contribution < 1.29 is 23.0 Å². The number of aromatic nitrogens is 4. The van der Waals surface area contributed by atoms with Gasteiger partial charge in [-0.15, -0.1) is 0 Å². The number of ether oxygens (including phenoxy) is 2. The Morgan fingerprint density at radius 3 is 2.28 bits per heavy atom. The number of anilines is 2. The largest absolute Gasteiger partial charge is 0.481 e. The van der Waals surface area contributed by atoms with E-state index in [1.165, 1.54) is 14.2 Å². The quantitative estimate of drug-likeness (QED) is 0.421. The molecule has 0 aliphatic rings. The maximum Gasteiger partial charge on any atom is 0.241 e. The number of hydrogen-bond donors (Lipinski definition) is 3. The minimum atomic E-state index is -3.59. The van der Waals surface area contributed by atoms with Crippen LogP contribution in [0.5, 0.6) is 11.8 Å². The van der Waals surface area contributed by atoms with Gasteiger partial charge in [-0.3, -0.25) is 4.72 Å². The molecule has 2 aromatic heterocycles. The monoisotopic (exact) mass is 468 g/mol. The molecule has 0 amide bonds. The van der Waals surface area contributed by atoms with Gasteiger partial charge in [0.15, 0.2) is 0 Å². The van der Waals surface area contributed by atoms with Crippen LogP contribution in [0.3, 0.4) is 0 Å².